The van der Waals surface area contributed by atoms with Crippen molar-refractivity contribution in [3.63, 3.8) is 0 Å². The summed E-state index contributed by atoms with van der Waals surface area (Å²) in [5, 5.41) is 1.04. The van der Waals surface area contributed by atoms with Gasteiger partial charge in [0.2, 0.25) is 5.95 Å². The van der Waals surface area contributed by atoms with Crippen LogP contribution < -0.4 is 4.90 Å². The van der Waals surface area contributed by atoms with E-state index in [1.54, 1.807) is 12.4 Å². The number of carbonyl (C=O) groups is 1. The van der Waals surface area contributed by atoms with Gasteiger partial charge in [0.15, 0.2) is 5.76 Å². The standard InChI is InChI=1S/C22H26N4O2/c1-3-6-17-7-8-19-18(15-17)16(2)20(28-19)21(27)25-11-5-12-26(14-13-25)22-23-9-4-10-24-22/h4,7-10,15H,3,5-6,11-14H2,1-2H3. The van der Waals surface area contributed by atoms with Crippen LogP contribution in [-0.2, 0) is 6.42 Å². The second kappa shape index (κ2) is 8.00. The number of furan rings is 1. The van der Waals surface area contributed by atoms with E-state index in [0.717, 1.165) is 54.8 Å². The summed E-state index contributed by atoms with van der Waals surface area (Å²) in [7, 11) is 0. The van der Waals surface area contributed by atoms with Crippen molar-refractivity contribution in [2.45, 2.75) is 33.1 Å². The number of carbonyl (C=O) groups excluding carboxylic acids is 1. The molecule has 0 unspecified atom stereocenters. The summed E-state index contributed by atoms with van der Waals surface area (Å²) >= 11 is 0. The lowest BCUT2D eigenvalue weighted by atomic mass is 10.1. The molecule has 6 heteroatoms. The lowest BCUT2D eigenvalue weighted by Crippen LogP contribution is -2.35. The van der Waals surface area contributed by atoms with Crippen LogP contribution >= 0.6 is 0 Å². The van der Waals surface area contributed by atoms with Crippen LogP contribution in [0.1, 0.15) is 41.4 Å². The number of rotatable bonds is 4. The van der Waals surface area contributed by atoms with Crippen molar-refractivity contribution in [1.82, 2.24) is 14.9 Å². The van der Waals surface area contributed by atoms with E-state index < -0.39 is 0 Å². The van der Waals surface area contributed by atoms with Crippen molar-refractivity contribution in [1.29, 1.82) is 0 Å². The number of amides is 1. The Bertz CT molecular complexity index is 967. The Labute approximate surface area is 165 Å². The highest BCUT2D eigenvalue weighted by Gasteiger charge is 2.26. The summed E-state index contributed by atoms with van der Waals surface area (Å²) in [6, 6.07) is 8.05. The minimum Gasteiger partial charge on any atom is -0.451 e. The number of fused-ring (bicyclic) bond motifs is 1. The smallest absolute Gasteiger partial charge is 0.289 e. The van der Waals surface area contributed by atoms with Crippen LogP contribution in [0, 0.1) is 6.92 Å². The van der Waals surface area contributed by atoms with Gasteiger partial charge in [-0.3, -0.25) is 4.79 Å². The maximum atomic E-state index is 13.2. The van der Waals surface area contributed by atoms with E-state index in [9.17, 15) is 4.79 Å². The zero-order valence-electron chi connectivity index (χ0n) is 16.5. The van der Waals surface area contributed by atoms with Crippen molar-refractivity contribution in [2.75, 3.05) is 31.1 Å². The van der Waals surface area contributed by atoms with Gasteiger partial charge in [-0.2, -0.15) is 0 Å². The molecule has 0 spiro atoms. The van der Waals surface area contributed by atoms with Gasteiger partial charge in [-0.05, 0) is 43.5 Å². The Morgan fingerprint density at radius 3 is 2.75 bits per heavy atom. The molecule has 28 heavy (non-hydrogen) atoms. The summed E-state index contributed by atoms with van der Waals surface area (Å²) < 4.78 is 5.97. The third-order valence-electron chi connectivity index (χ3n) is 5.35. The minimum absolute atomic E-state index is 0.0263. The molecule has 3 heterocycles. The molecule has 0 atom stereocenters. The molecule has 0 aliphatic carbocycles. The Kier molecular flexibility index (Phi) is 5.28. The normalized spacial score (nSPS) is 15.1. The number of nitrogens with zero attached hydrogens (tertiary/aromatic N) is 4. The lowest BCUT2D eigenvalue weighted by molar-refractivity contribution is 0.0736. The molecule has 0 radical (unpaired) electrons. The summed E-state index contributed by atoms with van der Waals surface area (Å²) in [6.07, 6.45) is 6.52. The van der Waals surface area contributed by atoms with Gasteiger partial charge < -0.3 is 14.2 Å². The van der Waals surface area contributed by atoms with Crippen LogP contribution in [0.2, 0.25) is 0 Å². The number of benzene rings is 1. The van der Waals surface area contributed by atoms with Gasteiger partial charge in [0.05, 0.1) is 0 Å². The molecule has 1 saturated heterocycles. The molecule has 1 amide bonds. The van der Waals surface area contributed by atoms with Gasteiger partial charge in [-0.15, -0.1) is 0 Å². The van der Waals surface area contributed by atoms with Gasteiger partial charge in [0, 0.05) is 49.5 Å². The molecule has 1 aromatic carbocycles. The van der Waals surface area contributed by atoms with Gasteiger partial charge >= 0.3 is 0 Å². The predicted molar refractivity (Wildman–Crippen MR) is 110 cm³/mol. The highest BCUT2D eigenvalue weighted by atomic mass is 16.3. The highest BCUT2D eigenvalue weighted by molar-refractivity contribution is 5.99. The van der Waals surface area contributed by atoms with Crippen LogP contribution in [0.15, 0.2) is 41.1 Å². The van der Waals surface area contributed by atoms with Gasteiger partial charge in [-0.1, -0.05) is 19.4 Å². The molecule has 1 fully saturated rings. The van der Waals surface area contributed by atoms with Crippen LogP contribution in [0.3, 0.4) is 0 Å². The molecule has 1 aliphatic rings. The van der Waals surface area contributed by atoms with E-state index in [0.29, 0.717) is 18.8 Å². The first kappa shape index (κ1) is 18.5. The summed E-state index contributed by atoms with van der Waals surface area (Å²) in [5.74, 6) is 1.16. The number of anilines is 1. The van der Waals surface area contributed by atoms with Crippen molar-refractivity contribution in [2.24, 2.45) is 0 Å². The first-order valence-electron chi connectivity index (χ1n) is 10.0. The fraction of sp³-hybridized carbons (Fsp3) is 0.409. The molecule has 0 saturated carbocycles. The van der Waals surface area contributed by atoms with E-state index in [4.69, 9.17) is 4.42 Å². The molecular weight excluding hydrogens is 352 g/mol. The second-order valence-corrected chi connectivity index (χ2v) is 7.32. The van der Waals surface area contributed by atoms with Crippen LogP contribution in [-0.4, -0.2) is 47.0 Å². The predicted octanol–water partition coefficient (Wildman–Crippen LogP) is 3.84. The third-order valence-corrected chi connectivity index (χ3v) is 5.35. The molecule has 4 rings (SSSR count). The molecule has 0 N–H and O–H groups in total. The fourth-order valence-electron chi connectivity index (χ4n) is 3.83. The molecule has 2 aromatic heterocycles. The molecular formula is C22H26N4O2. The van der Waals surface area contributed by atoms with Gasteiger partial charge in [0.25, 0.3) is 5.91 Å². The van der Waals surface area contributed by atoms with Gasteiger partial charge in [-0.25, -0.2) is 9.97 Å². The van der Waals surface area contributed by atoms with E-state index in [1.165, 1.54) is 5.56 Å². The first-order valence-corrected chi connectivity index (χ1v) is 10.0. The van der Waals surface area contributed by atoms with Crippen LogP contribution in [0.5, 0.6) is 0 Å². The third kappa shape index (κ3) is 3.59. The number of hydrogen-bond donors (Lipinski definition) is 0. The number of hydrogen-bond acceptors (Lipinski definition) is 5. The average Bonchev–Trinajstić information content (AvgIpc) is 2.90. The zero-order valence-corrected chi connectivity index (χ0v) is 16.5. The summed E-state index contributed by atoms with van der Waals surface area (Å²) in [5.41, 5.74) is 3.01. The number of aryl methyl sites for hydroxylation is 2. The second-order valence-electron chi connectivity index (χ2n) is 7.32. The van der Waals surface area contributed by atoms with E-state index in [2.05, 4.69) is 33.9 Å². The molecule has 3 aromatic rings. The monoisotopic (exact) mass is 378 g/mol. The van der Waals surface area contributed by atoms with Crippen LogP contribution in [0.4, 0.5) is 5.95 Å². The Morgan fingerprint density at radius 2 is 1.96 bits per heavy atom. The first-order chi connectivity index (χ1) is 13.7. The van der Waals surface area contributed by atoms with E-state index in [1.807, 2.05) is 24.0 Å². The molecule has 0 bridgehead atoms. The Morgan fingerprint density at radius 1 is 1.14 bits per heavy atom. The lowest BCUT2D eigenvalue weighted by Gasteiger charge is -2.21. The largest absolute Gasteiger partial charge is 0.451 e. The van der Waals surface area contributed by atoms with Crippen molar-refractivity contribution in [3.05, 3.63) is 53.5 Å². The van der Waals surface area contributed by atoms with Crippen molar-refractivity contribution in [3.8, 4) is 0 Å². The molecule has 146 valence electrons. The minimum atomic E-state index is -0.0263. The van der Waals surface area contributed by atoms with Crippen molar-refractivity contribution >= 4 is 22.8 Å². The Hall–Kier alpha value is -2.89. The molecule has 1 aliphatic heterocycles. The highest BCUT2D eigenvalue weighted by Crippen LogP contribution is 2.28. The van der Waals surface area contributed by atoms with Crippen molar-refractivity contribution < 1.29 is 9.21 Å². The molecule has 6 nitrogen and oxygen atoms in total. The number of aromatic nitrogens is 2. The maximum Gasteiger partial charge on any atom is 0.289 e. The SMILES string of the molecule is CCCc1ccc2oc(C(=O)N3CCCN(c4ncccn4)CC3)c(C)c2c1. The van der Waals surface area contributed by atoms with E-state index in [-0.39, 0.29) is 5.91 Å². The van der Waals surface area contributed by atoms with Gasteiger partial charge in [0.1, 0.15) is 5.58 Å². The topological polar surface area (TPSA) is 62.5 Å². The summed E-state index contributed by atoms with van der Waals surface area (Å²) in [6.45, 7) is 7.05. The maximum absolute atomic E-state index is 13.2. The average molecular weight is 378 g/mol. The summed E-state index contributed by atoms with van der Waals surface area (Å²) in [4.78, 5) is 25.9. The van der Waals surface area contributed by atoms with E-state index >= 15 is 0 Å². The quantitative estimate of drug-likeness (QED) is 0.690. The fourth-order valence-corrected chi connectivity index (χ4v) is 3.83. The Balaban J connectivity index is 1.53. The van der Waals surface area contributed by atoms with Crippen LogP contribution in [0.25, 0.3) is 11.0 Å². The zero-order chi connectivity index (χ0) is 19.5.